The van der Waals surface area contributed by atoms with Gasteiger partial charge in [0.1, 0.15) is 5.39 Å². The molecule has 0 saturated heterocycles. The van der Waals surface area contributed by atoms with E-state index in [1.807, 2.05) is 54.6 Å². The molecule has 5 rings (SSSR count). The molecule has 2 aromatic carbocycles. The minimum Gasteiger partial charge on any atom is -0.326 e. The predicted octanol–water partition coefficient (Wildman–Crippen LogP) is 4.02. The molecule has 1 N–H and O–H groups in total. The van der Waals surface area contributed by atoms with Gasteiger partial charge < -0.3 is 5.32 Å². The third-order valence-electron chi connectivity index (χ3n) is 4.92. The van der Waals surface area contributed by atoms with Crippen molar-refractivity contribution in [2.45, 2.75) is 17.6 Å². The quantitative estimate of drug-likeness (QED) is 0.445. The molecule has 0 spiro atoms. The fraction of sp³-hybridized carbons (Fsp3) is 0.143. The number of carbonyl (C=O) groups excluding carboxylic acids is 1. The molecule has 0 saturated carbocycles. The van der Waals surface area contributed by atoms with Crippen molar-refractivity contribution in [3.05, 3.63) is 75.6 Å². The molecule has 30 heavy (non-hydrogen) atoms. The van der Waals surface area contributed by atoms with E-state index in [1.54, 1.807) is 15.4 Å². The van der Waals surface area contributed by atoms with Gasteiger partial charge in [-0.15, -0.1) is 0 Å². The van der Waals surface area contributed by atoms with Crippen LogP contribution >= 0.6 is 27.7 Å². The van der Waals surface area contributed by atoms with Crippen LogP contribution in [0, 0.1) is 0 Å². The Bertz CT molecular complexity index is 1300. The minimum absolute atomic E-state index is 0.136. The van der Waals surface area contributed by atoms with Crippen molar-refractivity contribution in [2.24, 2.45) is 0 Å². The second-order valence-electron chi connectivity index (χ2n) is 6.92. The van der Waals surface area contributed by atoms with Crippen molar-refractivity contribution in [2.75, 3.05) is 11.1 Å². The summed E-state index contributed by atoms with van der Waals surface area (Å²) in [6.45, 7) is 0. The van der Waals surface area contributed by atoms with Gasteiger partial charge in [-0.3, -0.25) is 14.2 Å². The first-order chi connectivity index (χ1) is 14.6. The van der Waals surface area contributed by atoms with E-state index < -0.39 is 0 Å². The van der Waals surface area contributed by atoms with Crippen LogP contribution in [0.25, 0.3) is 16.7 Å². The number of hydrogen-bond donors (Lipinski definition) is 1. The number of anilines is 1. The molecule has 0 radical (unpaired) electrons. The molecule has 0 fully saturated rings. The van der Waals surface area contributed by atoms with E-state index in [4.69, 9.17) is 4.98 Å². The van der Waals surface area contributed by atoms with Gasteiger partial charge in [-0.25, -0.2) is 9.67 Å². The lowest BCUT2D eigenvalue weighted by atomic mass is 10.2. The van der Waals surface area contributed by atoms with E-state index in [-0.39, 0.29) is 23.9 Å². The van der Waals surface area contributed by atoms with E-state index in [9.17, 15) is 9.59 Å². The molecule has 7 nitrogen and oxygen atoms in total. The Morgan fingerprint density at radius 3 is 2.70 bits per heavy atom. The molecule has 9 heteroatoms. The van der Waals surface area contributed by atoms with Crippen molar-refractivity contribution >= 4 is 50.3 Å². The van der Waals surface area contributed by atoms with Gasteiger partial charge in [-0.1, -0.05) is 45.9 Å². The highest BCUT2D eigenvalue weighted by Crippen LogP contribution is 2.33. The zero-order valence-corrected chi connectivity index (χ0v) is 18.1. The van der Waals surface area contributed by atoms with Gasteiger partial charge in [0.25, 0.3) is 5.56 Å². The number of rotatable bonds is 4. The van der Waals surface area contributed by atoms with Crippen LogP contribution < -0.4 is 10.9 Å². The van der Waals surface area contributed by atoms with Gasteiger partial charge in [0, 0.05) is 22.3 Å². The first-order valence-electron chi connectivity index (χ1n) is 9.34. The molecule has 3 heterocycles. The Balaban J connectivity index is 1.44. The molecule has 1 aliphatic rings. The number of fused-ring (bicyclic) bond motifs is 2. The third kappa shape index (κ3) is 3.44. The maximum absolute atomic E-state index is 13.2. The Morgan fingerprint density at radius 2 is 1.93 bits per heavy atom. The number of hydrogen-bond acceptors (Lipinski definition) is 5. The van der Waals surface area contributed by atoms with Crippen molar-refractivity contribution in [3.63, 3.8) is 0 Å². The summed E-state index contributed by atoms with van der Waals surface area (Å²) >= 11 is 4.86. The summed E-state index contributed by atoms with van der Waals surface area (Å²) in [5.74, 6) is 0.490. The lowest BCUT2D eigenvalue weighted by molar-refractivity contribution is -0.116. The number of para-hydroxylation sites is 1. The van der Waals surface area contributed by atoms with Crippen LogP contribution in [0.5, 0.6) is 0 Å². The molecule has 0 aliphatic carbocycles. The van der Waals surface area contributed by atoms with Gasteiger partial charge in [0.2, 0.25) is 5.91 Å². The minimum atomic E-state index is -0.245. The maximum Gasteiger partial charge on any atom is 0.265 e. The molecule has 4 aromatic rings. The topological polar surface area (TPSA) is 81.8 Å². The number of thioether (sulfide) groups is 1. The monoisotopic (exact) mass is 481 g/mol. The molecule has 1 amide bonds. The van der Waals surface area contributed by atoms with Gasteiger partial charge in [-0.2, -0.15) is 5.10 Å². The summed E-state index contributed by atoms with van der Waals surface area (Å²) in [7, 11) is 0. The number of nitrogens with zero attached hydrogens (tertiary/aromatic N) is 4. The summed E-state index contributed by atoms with van der Waals surface area (Å²) in [6, 6.07) is 16.7. The van der Waals surface area contributed by atoms with Crippen LogP contribution in [0.15, 0.2) is 75.2 Å². The largest absolute Gasteiger partial charge is 0.326 e. The van der Waals surface area contributed by atoms with E-state index >= 15 is 0 Å². The third-order valence-corrected chi connectivity index (χ3v) is 6.55. The average Bonchev–Trinajstić information content (AvgIpc) is 3.35. The maximum atomic E-state index is 13.2. The second-order valence-corrected chi connectivity index (χ2v) is 8.83. The highest BCUT2D eigenvalue weighted by Gasteiger charge is 2.29. The zero-order valence-electron chi connectivity index (χ0n) is 15.7. The number of carbonyl (C=O) groups is 1. The Hall–Kier alpha value is -2.91. The Morgan fingerprint density at radius 1 is 1.17 bits per heavy atom. The lowest BCUT2D eigenvalue weighted by Gasteiger charge is -2.13. The van der Waals surface area contributed by atoms with Gasteiger partial charge >= 0.3 is 0 Å². The van der Waals surface area contributed by atoms with Gasteiger partial charge in [-0.05, 0) is 36.4 Å². The van der Waals surface area contributed by atoms with E-state index in [0.717, 1.165) is 15.8 Å². The van der Waals surface area contributed by atoms with Crippen molar-refractivity contribution in [1.82, 2.24) is 19.3 Å². The zero-order chi connectivity index (χ0) is 20.7. The fourth-order valence-electron chi connectivity index (χ4n) is 3.50. The van der Waals surface area contributed by atoms with E-state index in [1.165, 1.54) is 11.8 Å². The molecule has 1 unspecified atom stereocenters. The van der Waals surface area contributed by atoms with Crippen molar-refractivity contribution in [3.8, 4) is 5.69 Å². The van der Waals surface area contributed by atoms with Gasteiger partial charge in [0.05, 0.1) is 17.9 Å². The van der Waals surface area contributed by atoms with E-state index in [2.05, 4.69) is 26.3 Å². The van der Waals surface area contributed by atoms with E-state index in [0.29, 0.717) is 21.9 Å². The standard InChI is InChI=1S/C21H16BrN5O2S/c22-13-6-8-14(9-7-13)24-18(28)10-16-12-30-21-25-19-17(20(29)26(16)21)11-23-27(19)15-4-2-1-3-5-15/h1-9,11,16H,10,12H2,(H,24,28). The summed E-state index contributed by atoms with van der Waals surface area (Å²) in [5.41, 5.74) is 1.94. The highest BCUT2D eigenvalue weighted by molar-refractivity contribution is 9.10. The fourth-order valence-corrected chi connectivity index (χ4v) is 4.89. The molecule has 2 aromatic heterocycles. The van der Waals surface area contributed by atoms with Crippen LogP contribution in [-0.4, -0.2) is 31.0 Å². The lowest BCUT2D eigenvalue weighted by Crippen LogP contribution is -2.27. The highest BCUT2D eigenvalue weighted by atomic mass is 79.9. The number of nitrogens with one attached hydrogen (secondary N) is 1. The summed E-state index contributed by atoms with van der Waals surface area (Å²) < 4.78 is 4.25. The number of halogens is 1. The van der Waals surface area contributed by atoms with Crippen LogP contribution in [0.3, 0.4) is 0 Å². The Labute approximate surface area is 184 Å². The first-order valence-corrected chi connectivity index (χ1v) is 11.1. The Kier molecular flexibility index (Phi) is 4.92. The summed E-state index contributed by atoms with van der Waals surface area (Å²) in [4.78, 5) is 30.4. The molecule has 0 bridgehead atoms. The molecule has 1 atom stereocenters. The predicted molar refractivity (Wildman–Crippen MR) is 120 cm³/mol. The number of aromatic nitrogens is 4. The molecule has 1 aliphatic heterocycles. The molecule has 150 valence electrons. The second kappa shape index (κ2) is 7.73. The first kappa shape index (κ1) is 19.1. The summed E-state index contributed by atoms with van der Waals surface area (Å²) in [5, 5.41) is 8.32. The van der Waals surface area contributed by atoms with Crippen LogP contribution in [0.2, 0.25) is 0 Å². The average molecular weight is 482 g/mol. The molecular weight excluding hydrogens is 466 g/mol. The SMILES string of the molecule is O=C(CC1CSc2nc3c(cnn3-c3ccccc3)c(=O)n21)Nc1ccc(Br)cc1. The normalized spacial score (nSPS) is 15.3. The number of amides is 1. The van der Waals surface area contributed by atoms with Crippen LogP contribution in [0.4, 0.5) is 5.69 Å². The van der Waals surface area contributed by atoms with Crippen molar-refractivity contribution in [1.29, 1.82) is 0 Å². The summed E-state index contributed by atoms with van der Waals surface area (Å²) in [6.07, 6.45) is 1.75. The molecular formula is C21H16BrN5O2S. The van der Waals surface area contributed by atoms with Crippen molar-refractivity contribution < 1.29 is 4.79 Å². The smallest absolute Gasteiger partial charge is 0.265 e. The van der Waals surface area contributed by atoms with Crippen LogP contribution in [0.1, 0.15) is 12.5 Å². The van der Waals surface area contributed by atoms with Gasteiger partial charge in [0.15, 0.2) is 10.8 Å². The van der Waals surface area contributed by atoms with Crippen LogP contribution in [-0.2, 0) is 4.79 Å². The number of benzene rings is 2.